The fourth-order valence-corrected chi connectivity index (χ4v) is 1.92. The highest BCUT2D eigenvalue weighted by Gasteiger charge is 2.14. The van der Waals surface area contributed by atoms with E-state index >= 15 is 0 Å². The van der Waals surface area contributed by atoms with Gasteiger partial charge in [-0.25, -0.2) is 0 Å². The number of nitrogens with two attached hydrogens (primary N) is 1. The van der Waals surface area contributed by atoms with Crippen LogP contribution in [0.25, 0.3) is 0 Å². The Labute approximate surface area is 102 Å². The van der Waals surface area contributed by atoms with E-state index in [2.05, 4.69) is 15.7 Å². The Morgan fingerprint density at radius 1 is 1.53 bits per heavy atom. The zero-order chi connectivity index (χ0) is 12.5. The Morgan fingerprint density at radius 3 is 2.82 bits per heavy atom. The van der Waals surface area contributed by atoms with Crippen LogP contribution in [-0.2, 0) is 4.79 Å². The molecule has 6 nitrogen and oxygen atoms in total. The summed E-state index contributed by atoms with van der Waals surface area (Å²) in [6.07, 6.45) is 4.84. The number of hydrogen-bond donors (Lipinski definition) is 4. The second kappa shape index (κ2) is 7.78. The lowest BCUT2D eigenvalue weighted by atomic mass is 9.93. The SMILES string of the molecule is N=CC(CNC(=O)CCC1CCNCC1)=NN. The van der Waals surface area contributed by atoms with E-state index in [0.29, 0.717) is 18.1 Å². The van der Waals surface area contributed by atoms with Crippen LogP contribution in [0.5, 0.6) is 0 Å². The van der Waals surface area contributed by atoms with Gasteiger partial charge < -0.3 is 21.9 Å². The molecule has 0 saturated carbocycles. The molecule has 0 aromatic rings. The Hall–Kier alpha value is -1.43. The topological polar surface area (TPSA) is 103 Å². The smallest absolute Gasteiger partial charge is 0.220 e. The Balaban J connectivity index is 2.14. The molecule has 1 heterocycles. The van der Waals surface area contributed by atoms with Gasteiger partial charge in [0.1, 0.15) is 0 Å². The molecule has 6 heteroatoms. The van der Waals surface area contributed by atoms with Gasteiger partial charge in [0.05, 0.1) is 12.3 Å². The van der Waals surface area contributed by atoms with Crippen molar-refractivity contribution < 1.29 is 4.79 Å². The largest absolute Gasteiger partial charge is 0.350 e. The lowest BCUT2D eigenvalue weighted by molar-refractivity contribution is -0.121. The maximum absolute atomic E-state index is 11.5. The van der Waals surface area contributed by atoms with E-state index < -0.39 is 0 Å². The molecular weight excluding hydrogens is 218 g/mol. The highest BCUT2D eigenvalue weighted by atomic mass is 16.1. The first kappa shape index (κ1) is 13.6. The van der Waals surface area contributed by atoms with Crippen molar-refractivity contribution in [2.75, 3.05) is 19.6 Å². The third kappa shape index (κ3) is 5.44. The van der Waals surface area contributed by atoms with Crippen LogP contribution in [0.1, 0.15) is 25.7 Å². The predicted molar refractivity (Wildman–Crippen MR) is 68.2 cm³/mol. The van der Waals surface area contributed by atoms with Crippen LogP contribution in [0, 0.1) is 11.3 Å². The summed E-state index contributed by atoms with van der Waals surface area (Å²) in [6.45, 7) is 2.36. The molecule has 1 rings (SSSR count). The van der Waals surface area contributed by atoms with Crippen LogP contribution >= 0.6 is 0 Å². The van der Waals surface area contributed by atoms with E-state index in [4.69, 9.17) is 11.3 Å². The normalized spacial score (nSPS) is 17.8. The Kier molecular flexibility index (Phi) is 6.24. The minimum atomic E-state index is 0.00605. The minimum Gasteiger partial charge on any atom is -0.350 e. The number of piperidine rings is 1. The summed E-state index contributed by atoms with van der Waals surface area (Å²) in [7, 11) is 0. The molecule has 0 aromatic heterocycles. The van der Waals surface area contributed by atoms with Gasteiger partial charge in [0, 0.05) is 12.6 Å². The monoisotopic (exact) mass is 239 g/mol. The highest BCUT2D eigenvalue weighted by Crippen LogP contribution is 2.17. The molecule has 0 bridgehead atoms. The number of carbonyl (C=O) groups excluding carboxylic acids is 1. The number of amides is 1. The molecule has 17 heavy (non-hydrogen) atoms. The third-order valence-corrected chi connectivity index (χ3v) is 3.04. The standard InChI is InChI=1S/C11H21N5O/c12-7-10(16-13)8-15-11(17)2-1-9-3-5-14-6-4-9/h7,9,12,14H,1-6,8,13H2,(H,15,17). The van der Waals surface area contributed by atoms with Gasteiger partial charge >= 0.3 is 0 Å². The third-order valence-electron chi connectivity index (χ3n) is 3.04. The predicted octanol–water partition coefficient (Wildman–Crippen LogP) is -0.153. The van der Waals surface area contributed by atoms with Crippen molar-refractivity contribution in [1.82, 2.24) is 10.6 Å². The van der Waals surface area contributed by atoms with Gasteiger partial charge in [-0.15, -0.1) is 0 Å². The number of hydrogen-bond acceptors (Lipinski definition) is 5. The molecule has 1 aliphatic heterocycles. The van der Waals surface area contributed by atoms with E-state index in [1.807, 2.05) is 0 Å². The van der Waals surface area contributed by atoms with Gasteiger partial charge in [0.2, 0.25) is 5.91 Å². The number of carbonyl (C=O) groups is 1. The molecule has 1 saturated heterocycles. The van der Waals surface area contributed by atoms with Crippen LogP contribution in [-0.4, -0.2) is 37.5 Å². The maximum Gasteiger partial charge on any atom is 0.220 e. The zero-order valence-electron chi connectivity index (χ0n) is 10.0. The molecule has 0 aliphatic carbocycles. The minimum absolute atomic E-state index is 0.00605. The molecule has 0 unspecified atom stereocenters. The molecular formula is C11H21N5O. The molecule has 1 fully saturated rings. The number of nitrogens with zero attached hydrogens (tertiary/aromatic N) is 1. The summed E-state index contributed by atoms with van der Waals surface area (Å²) in [5, 5.41) is 16.4. The molecule has 1 amide bonds. The number of rotatable bonds is 6. The molecule has 0 atom stereocenters. The van der Waals surface area contributed by atoms with Gasteiger partial charge in [-0.05, 0) is 38.3 Å². The first-order chi connectivity index (χ1) is 8.26. The average molecular weight is 239 g/mol. The first-order valence-electron chi connectivity index (χ1n) is 6.01. The van der Waals surface area contributed by atoms with Crippen molar-refractivity contribution in [2.24, 2.45) is 16.9 Å². The molecule has 0 radical (unpaired) electrons. The van der Waals surface area contributed by atoms with Gasteiger partial charge in [0.25, 0.3) is 0 Å². The van der Waals surface area contributed by atoms with Crippen molar-refractivity contribution in [1.29, 1.82) is 5.41 Å². The van der Waals surface area contributed by atoms with Gasteiger partial charge in [-0.3, -0.25) is 4.79 Å². The molecule has 96 valence electrons. The summed E-state index contributed by atoms with van der Waals surface area (Å²) in [5.41, 5.74) is 0.375. The van der Waals surface area contributed by atoms with Crippen molar-refractivity contribution in [3.8, 4) is 0 Å². The molecule has 1 aliphatic rings. The second-order valence-electron chi connectivity index (χ2n) is 4.27. The molecule has 5 N–H and O–H groups in total. The Bertz CT molecular complexity index is 284. The van der Waals surface area contributed by atoms with E-state index in [9.17, 15) is 4.79 Å². The van der Waals surface area contributed by atoms with Crippen molar-refractivity contribution >= 4 is 17.8 Å². The van der Waals surface area contributed by atoms with Crippen LogP contribution in [0.3, 0.4) is 0 Å². The van der Waals surface area contributed by atoms with Crippen LogP contribution in [0.2, 0.25) is 0 Å². The van der Waals surface area contributed by atoms with E-state index in [1.54, 1.807) is 0 Å². The number of nitrogens with one attached hydrogen (secondary N) is 3. The fourth-order valence-electron chi connectivity index (χ4n) is 1.92. The van der Waals surface area contributed by atoms with Crippen molar-refractivity contribution in [3.63, 3.8) is 0 Å². The highest BCUT2D eigenvalue weighted by molar-refractivity contribution is 6.30. The average Bonchev–Trinajstić information content (AvgIpc) is 2.39. The summed E-state index contributed by atoms with van der Waals surface area (Å²) in [6, 6.07) is 0. The zero-order valence-corrected chi connectivity index (χ0v) is 10.0. The van der Waals surface area contributed by atoms with Gasteiger partial charge in [-0.1, -0.05) is 0 Å². The van der Waals surface area contributed by atoms with E-state index in [1.165, 1.54) is 0 Å². The fraction of sp³-hybridized carbons (Fsp3) is 0.727. The second-order valence-corrected chi connectivity index (χ2v) is 4.27. The lowest BCUT2D eigenvalue weighted by Gasteiger charge is -2.22. The molecule has 0 spiro atoms. The van der Waals surface area contributed by atoms with E-state index in [-0.39, 0.29) is 12.5 Å². The molecule has 0 aromatic carbocycles. The summed E-state index contributed by atoms with van der Waals surface area (Å²) >= 11 is 0. The van der Waals surface area contributed by atoms with E-state index in [0.717, 1.165) is 38.6 Å². The summed E-state index contributed by atoms with van der Waals surface area (Å²) in [5.74, 6) is 5.70. The van der Waals surface area contributed by atoms with Gasteiger partial charge in [-0.2, -0.15) is 5.10 Å². The van der Waals surface area contributed by atoms with Crippen LogP contribution < -0.4 is 16.5 Å². The summed E-state index contributed by atoms with van der Waals surface area (Å²) in [4.78, 5) is 11.5. The van der Waals surface area contributed by atoms with Crippen molar-refractivity contribution in [2.45, 2.75) is 25.7 Å². The number of hydrazone groups is 1. The van der Waals surface area contributed by atoms with Crippen LogP contribution in [0.4, 0.5) is 0 Å². The Morgan fingerprint density at radius 2 is 2.24 bits per heavy atom. The van der Waals surface area contributed by atoms with Crippen LogP contribution in [0.15, 0.2) is 5.10 Å². The van der Waals surface area contributed by atoms with Gasteiger partial charge in [0.15, 0.2) is 0 Å². The maximum atomic E-state index is 11.5. The first-order valence-corrected chi connectivity index (χ1v) is 6.01. The summed E-state index contributed by atoms with van der Waals surface area (Å²) < 4.78 is 0. The quantitative estimate of drug-likeness (QED) is 0.294. The lowest BCUT2D eigenvalue weighted by Crippen LogP contribution is -2.32. The van der Waals surface area contributed by atoms with Crippen molar-refractivity contribution in [3.05, 3.63) is 0 Å².